The number of hydrogen-bond acceptors (Lipinski definition) is 7. The molecular formula is C24H30BrNO6. The molecule has 5 unspecified atom stereocenters. The van der Waals surface area contributed by atoms with Gasteiger partial charge in [0.05, 0.1) is 31.0 Å². The van der Waals surface area contributed by atoms with Crippen LogP contribution in [0.3, 0.4) is 0 Å². The van der Waals surface area contributed by atoms with Crippen LogP contribution < -0.4 is 0 Å². The van der Waals surface area contributed by atoms with Crippen molar-refractivity contribution in [3.05, 3.63) is 11.6 Å². The highest BCUT2D eigenvalue weighted by Gasteiger charge is 2.71. The second-order valence-corrected chi connectivity index (χ2v) is 12.1. The number of carbonyl (C=O) groups is 1. The van der Waals surface area contributed by atoms with Gasteiger partial charge < -0.3 is 23.7 Å². The monoisotopic (exact) mass is 507 g/mol. The maximum atomic E-state index is 13.8. The van der Waals surface area contributed by atoms with Crippen molar-refractivity contribution < 1.29 is 28.5 Å². The molecule has 4 aliphatic carbocycles. The molecule has 4 saturated heterocycles. The summed E-state index contributed by atoms with van der Waals surface area (Å²) in [5.41, 5.74) is 0.538. The average Bonchev–Trinajstić information content (AvgIpc) is 3.33. The van der Waals surface area contributed by atoms with Crippen LogP contribution in [0, 0.1) is 35.0 Å². The molecule has 9 atom stereocenters. The fourth-order valence-corrected chi connectivity index (χ4v) is 9.09. The van der Waals surface area contributed by atoms with Gasteiger partial charge in [0.15, 0.2) is 11.6 Å². The summed E-state index contributed by atoms with van der Waals surface area (Å²) in [6, 6.07) is 0. The number of hydrogen-bond donors (Lipinski definition) is 0. The zero-order valence-corrected chi connectivity index (χ0v) is 20.1. The maximum Gasteiger partial charge on any atom is 0.273 e. The number of alkyl halides is 1. The molecule has 174 valence electrons. The van der Waals surface area contributed by atoms with Gasteiger partial charge in [-0.2, -0.15) is 0 Å². The number of halogens is 1. The number of carbonyl (C=O) groups excluding carboxylic acids is 1. The summed E-state index contributed by atoms with van der Waals surface area (Å²) >= 11 is 4.01. The molecule has 8 rings (SSSR count). The lowest BCUT2D eigenvalue weighted by Crippen LogP contribution is -2.66. The molecule has 7 nitrogen and oxygen atoms in total. The number of allylic oxidation sites excluding steroid dienone is 1. The Morgan fingerprint density at radius 2 is 1.84 bits per heavy atom. The molecule has 4 aliphatic heterocycles. The highest BCUT2D eigenvalue weighted by Crippen LogP contribution is 2.67. The van der Waals surface area contributed by atoms with E-state index in [4.69, 9.17) is 28.9 Å². The van der Waals surface area contributed by atoms with E-state index in [0.717, 1.165) is 32.1 Å². The van der Waals surface area contributed by atoms with E-state index in [0.29, 0.717) is 25.6 Å². The molecule has 4 heterocycles. The fourth-order valence-electron chi connectivity index (χ4n) is 8.16. The Hall–Kier alpha value is -0.820. The minimum atomic E-state index is -0.664. The van der Waals surface area contributed by atoms with Crippen LogP contribution in [0.25, 0.3) is 0 Å². The van der Waals surface area contributed by atoms with E-state index in [2.05, 4.69) is 42.4 Å². The van der Waals surface area contributed by atoms with Crippen LogP contribution in [-0.2, 0) is 28.5 Å². The van der Waals surface area contributed by atoms with Crippen LogP contribution in [0.15, 0.2) is 11.6 Å². The summed E-state index contributed by atoms with van der Waals surface area (Å²) in [6.07, 6.45) is 7.45. The normalized spacial score (nSPS) is 54.2. The van der Waals surface area contributed by atoms with Gasteiger partial charge in [-0.15, -0.1) is 0 Å². The predicted molar refractivity (Wildman–Crippen MR) is 115 cm³/mol. The minimum absolute atomic E-state index is 0.0260. The van der Waals surface area contributed by atoms with Crippen LogP contribution in [0.4, 0.5) is 0 Å². The lowest BCUT2D eigenvalue weighted by molar-refractivity contribution is -0.442. The molecule has 0 N–H and O–H groups in total. The molecule has 0 aromatic carbocycles. The first kappa shape index (κ1) is 21.7. The number of rotatable bonds is 0. The first-order valence-corrected chi connectivity index (χ1v) is 12.6. The molecule has 3 saturated carbocycles. The van der Waals surface area contributed by atoms with Crippen molar-refractivity contribution in [2.75, 3.05) is 13.2 Å². The van der Waals surface area contributed by atoms with Crippen molar-refractivity contribution in [2.24, 2.45) is 23.2 Å². The van der Waals surface area contributed by atoms with Crippen molar-refractivity contribution in [3.8, 4) is 6.57 Å². The Bertz CT molecular complexity index is 900. The SMILES string of the molecule is C#N.CC1C2CC34CC[C@H]5[C@@H]6CCC7(OCCO7)[C@@]6(C)CC(=O)[C@]5(Br)C=C3C1OC(O2)O4. The van der Waals surface area contributed by atoms with E-state index >= 15 is 0 Å². The Morgan fingerprint density at radius 3 is 2.59 bits per heavy atom. The number of ketones is 1. The third-order valence-electron chi connectivity index (χ3n) is 9.72. The first-order chi connectivity index (χ1) is 15.3. The molecule has 0 radical (unpaired) electrons. The number of ether oxygens (including phenoxy) is 5. The van der Waals surface area contributed by atoms with E-state index in [1.807, 2.05) is 0 Å². The average molecular weight is 508 g/mol. The zero-order valence-electron chi connectivity index (χ0n) is 18.6. The summed E-state index contributed by atoms with van der Waals surface area (Å²) in [6.45, 7) is 8.61. The van der Waals surface area contributed by atoms with Gasteiger partial charge in [0.1, 0.15) is 4.32 Å². The van der Waals surface area contributed by atoms with Gasteiger partial charge in [-0.05, 0) is 36.7 Å². The summed E-state index contributed by atoms with van der Waals surface area (Å²) in [5.74, 6) is 0.488. The van der Waals surface area contributed by atoms with Crippen molar-refractivity contribution in [2.45, 2.75) is 86.8 Å². The smallest absolute Gasteiger partial charge is 0.273 e. The maximum absolute atomic E-state index is 13.8. The Labute approximate surface area is 196 Å². The van der Waals surface area contributed by atoms with Gasteiger partial charge in [-0.25, -0.2) is 5.26 Å². The van der Waals surface area contributed by atoms with E-state index in [1.54, 1.807) is 0 Å². The molecule has 0 amide bonds. The third-order valence-corrected chi connectivity index (χ3v) is 11.0. The van der Waals surface area contributed by atoms with Crippen LogP contribution in [-0.4, -0.2) is 53.4 Å². The standard InChI is InChI=1S/C23H29BrO6.CHN/c1-12-16-10-21-5-3-14-13-4-6-23(26-7-8-27-23)20(13,2)11-17(25)22(14,24)9-15(21)18(12)29-19(28-16)30-21;1-2/h9,12-14,16,18-19H,3-8,10-11H2,1-2H3;1H/t12?,13-,14-,16?,18?,19?,20-,21?,22-;/m0./s1. The summed E-state index contributed by atoms with van der Waals surface area (Å²) in [7, 11) is 0. The van der Waals surface area contributed by atoms with Crippen LogP contribution in [0.1, 0.15) is 52.4 Å². The van der Waals surface area contributed by atoms with Crippen LogP contribution in [0.5, 0.6) is 0 Å². The molecule has 8 heteroatoms. The largest absolute Gasteiger partial charge is 0.347 e. The van der Waals surface area contributed by atoms with Gasteiger partial charge in [0.2, 0.25) is 0 Å². The second-order valence-electron chi connectivity index (χ2n) is 10.8. The molecule has 32 heavy (non-hydrogen) atoms. The van der Waals surface area contributed by atoms with E-state index in [1.165, 1.54) is 5.57 Å². The predicted octanol–water partition coefficient (Wildman–Crippen LogP) is 3.60. The lowest BCUT2D eigenvalue weighted by Gasteiger charge is -2.59. The molecule has 2 spiro atoms. The van der Waals surface area contributed by atoms with Gasteiger partial charge in [0.25, 0.3) is 6.48 Å². The zero-order chi connectivity index (χ0) is 22.5. The van der Waals surface area contributed by atoms with Crippen molar-refractivity contribution >= 4 is 21.7 Å². The first-order valence-electron chi connectivity index (χ1n) is 11.8. The van der Waals surface area contributed by atoms with Crippen molar-refractivity contribution in [1.82, 2.24) is 0 Å². The quantitative estimate of drug-likeness (QED) is 0.365. The van der Waals surface area contributed by atoms with Gasteiger partial charge in [0, 0.05) is 37.2 Å². The minimum Gasteiger partial charge on any atom is -0.347 e. The second kappa shape index (κ2) is 6.87. The van der Waals surface area contributed by atoms with Crippen molar-refractivity contribution in [1.29, 1.82) is 5.26 Å². The van der Waals surface area contributed by atoms with E-state index in [-0.39, 0.29) is 40.8 Å². The highest BCUT2D eigenvalue weighted by atomic mass is 79.9. The van der Waals surface area contributed by atoms with Crippen LogP contribution in [0.2, 0.25) is 0 Å². The van der Waals surface area contributed by atoms with E-state index < -0.39 is 16.6 Å². The molecular weight excluding hydrogens is 478 g/mol. The highest BCUT2D eigenvalue weighted by molar-refractivity contribution is 9.10. The Morgan fingerprint density at radius 1 is 1.12 bits per heavy atom. The summed E-state index contributed by atoms with van der Waals surface area (Å²) < 4.78 is 30.2. The summed E-state index contributed by atoms with van der Waals surface area (Å²) in [4.78, 5) is 13.8. The lowest BCUT2D eigenvalue weighted by atomic mass is 9.57. The molecule has 4 bridgehead atoms. The number of nitrogens with zero attached hydrogens (tertiary/aromatic N) is 1. The van der Waals surface area contributed by atoms with Crippen molar-refractivity contribution in [3.63, 3.8) is 0 Å². The number of Topliss-reactive ketones (excluding diaryl/α,β-unsaturated/α-hetero) is 1. The Kier molecular flexibility index (Phi) is 4.65. The number of nitriles is 1. The fraction of sp³-hybridized carbons (Fsp3) is 0.833. The third kappa shape index (κ3) is 2.45. The topological polar surface area (TPSA) is 87.0 Å². The number of fused-ring (bicyclic) bond motifs is 4. The molecule has 8 aliphatic rings. The van der Waals surface area contributed by atoms with Gasteiger partial charge >= 0.3 is 0 Å². The Balaban J connectivity index is 0.000000953. The molecule has 7 fully saturated rings. The van der Waals surface area contributed by atoms with Gasteiger partial charge in [-0.3, -0.25) is 4.79 Å². The molecule has 0 aromatic heterocycles. The van der Waals surface area contributed by atoms with Gasteiger partial charge in [-0.1, -0.05) is 35.9 Å². The van der Waals surface area contributed by atoms with E-state index in [9.17, 15) is 4.79 Å². The molecule has 0 aromatic rings. The van der Waals surface area contributed by atoms with Crippen LogP contribution >= 0.6 is 15.9 Å². The summed E-state index contributed by atoms with van der Waals surface area (Å²) in [5, 5.41) is 6.50.